The molecule has 1 atom stereocenters. The lowest BCUT2D eigenvalue weighted by Crippen LogP contribution is -2.45. The largest absolute Gasteiger partial charge is 0.449 e. The average molecular weight is 304 g/mol. The fourth-order valence-electron chi connectivity index (χ4n) is 2.78. The molecule has 2 aromatic rings. The second-order valence-corrected chi connectivity index (χ2v) is 5.68. The van der Waals surface area contributed by atoms with Gasteiger partial charge in [0, 0.05) is 12.0 Å². The van der Waals surface area contributed by atoms with E-state index >= 15 is 0 Å². The van der Waals surface area contributed by atoms with Crippen LogP contribution in [0.4, 0.5) is 5.88 Å². The molecular formula is C15H20N4O3. The van der Waals surface area contributed by atoms with Crippen molar-refractivity contribution in [2.45, 2.75) is 38.6 Å². The highest BCUT2D eigenvalue weighted by Crippen LogP contribution is 2.27. The summed E-state index contributed by atoms with van der Waals surface area (Å²) in [6, 6.07) is 1.50. The Morgan fingerprint density at radius 1 is 1.45 bits per heavy atom. The van der Waals surface area contributed by atoms with Crippen molar-refractivity contribution in [1.82, 2.24) is 15.0 Å². The Morgan fingerprint density at radius 2 is 2.23 bits per heavy atom. The maximum atomic E-state index is 12.3. The Hall–Kier alpha value is -2.15. The molecule has 7 heteroatoms. The van der Waals surface area contributed by atoms with Crippen molar-refractivity contribution in [2.75, 3.05) is 18.4 Å². The van der Waals surface area contributed by atoms with E-state index in [0.717, 1.165) is 37.5 Å². The number of hydrogen-bond acceptors (Lipinski definition) is 6. The predicted molar refractivity (Wildman–Crippen MR) is 79.4 cm³/mol. The molecule has 1 aliphatic rings. The summed E-state index contributed by atoms with van der Waals surface area (Å²) in [6.45, 7) is 5.41. The van der Waals surface area contributed by atoms with E-state index in [1.165, 1.54) is 0 Å². The molecule has 0 spiro atoms. The number of piperidine rings is 1. The first kappa shape index (κ1) is 14.8. The summed E-state index contributed by atoms with van der Waals surface area (Å²) < 4.78 is 10.4. The van der Waals surface area contributed by atoms with Gasteiger partial charge in [0.25, 0.3) is 0 Å². The summed E-state index contributed by atoms with van der Waals surface area (Å²) in [7, 11) is 0. The highest BCUT2D eigenvalue weighted by Gasteiger charge is 2.29. The molecule has 2 aromatic heterocycles. The normalized spacial score (nSPS) is 18.3. The molecule has 0 bridgehead atoms. The predicted octanol–water partition coefficient (Wildman–Crippen LogP) is 2.18. The number of rotatable bonds is 4. The van der Waals surface area contributed by atoms with Gasteiger partial charge >= 0.3 is 0 Å². The summed E-state index contributed by atoms with van der Waals surface area (Å²) >= 11 is 0. The number of nitrogens with zero attached hydrogens (tertiary/aromatic N) is 3. The van der Waals surface area contributed by atoms with Crippen LogP contribution >= 0.6 is 0 Å². The zero-order chi connectivity index (χ0) is 15.5. The van der Waals surface area contributed by atoms with E-state index in [0.29, 0.717) is 11.8 Å². The zero-order valence-electron chi connectivity index (χ0n) is 12.8. The first-order valence-electron chi connectivity index (χ1n) is 7.51. The molecule has 0 radical (unpaired) electrons. The molecule has 1 amide bonds. The topological polar surface area (TPSA) is 84.4 Å². The number of nitrogens with one attached hydrogen (secondary N) is 1. The lowest BCUT2D eigenvalue weighted by molar-refractivity contribution is -0.121. The van der Waals surface area contributed by atoms with Crippen molar-refractivity contribution in [3.63, 3.8) is 0 Å². The van der Waals surface area contributed by atoms with Gasteiger partial charge in [0.1, 0.15) is 6.26 Å². The van der Waals surface area contributed by atoms with Crippen LogP contribution in [0, 0.1) is 6.92 Å². The van der Waals surface area contributed by atoms with Gasteiger partial charge in [0.2, 0.25) is 11.8 Å². The van der Waals surface area contributed by atoms with E-state index in [1.807, 2.05) is 13.8 Å². The summed E-state index contributed by atoms with van der Waals surface area (Å²) in [5, 5.41) is 6.52. The zero-order valence-corrected chi connectivity index (χ0v) is 12.8. The lowest BCUT2D eigenvalue weighted by atomic mass is 9.96. The maximum Gasteiger partial charge on any atom is 0.243 e. The lowest BCUT2D eigenvalue weighted by Gasteiger charge is -2.34. The third-order valence-electron chi connectivity index (χ3n) is 4.13. The maximum absolute atomic E-state index is 12.3. The van der Waals surface area contributed by atoms with Gasteiger partial charge < -0.3 is 8.94 Å². The third-order valence-corrected chi connectivity index (χ3v) is 4.13. The van der Waals surface area contributed by atoms with E-state index in [1.54, 1.807) is 18.5 Å². The van der Waals surface area contributed by atoms with Gasteiger partial charge in [-0.25, -0.2) is 4.98 Å². The van der Waals surface area contributed by atoms with Gasteiger partial charge in [0.15, 0.2) is 5.89 Å². The van der Waals surface area contributed by atoms with Crippen LogP contribution < -0.4 is 5.32 Å². The first-order chi connectivity index (χ1) is 10.6. The van der Waals surface area contributed by atoms with Crippen molar-refractivity contribution in [1.29, 1.82) is 0 Å². The highest BCUT2D eigenvalue weighted by molar-refractivity contribution is 5.93. The fourth-order valence-corrected chi connectivity index (χ4v) is 2.78. The number of hydrogen-bond donors (Lipinski definition) is 1. The quantitative estimate of drug-likeness (QED) is 0.932. The van der Waals surface area contributed by atoms with Crippen molar-refractivity contribution >= 4 is 11.8 Å². The van der Waals surface area contributed by atoms with E-state index < -0.39 is 0 Å². The van der Waals surface area contributed by atoms with Crippen molar-refractivity contribution < 1.29 is 13.7 Å². The van der Waals surface area contributed by atoms with Crippen LogP contribution in [0.2, 0.25) is 0 Å². The Kier molecular flexibility index (Phi) is 4.24. The van der Waals surface area contributed by atoms with E-state index in [2.05, 4.69) is 20.4 Å². The van der Waals surface area contributed by atoms with Gasteiger partial charge in [-0.2, -0.15) is 0 Å². The number of amides is 1. The number of likely N-dealkylation sites (tertiary alicyclic amines) is 1. The summed E-state index contributed by atoms with van der Waals surface area (Å²) in [6.07, 6.45) is 5.17. The standard InChI is InChI=1S/C15H20N4O3/c1-10-9-13(22-18-10)17-14(20)11(2)19-6-3-12(4-7-19)15-16-5-8-21-15/h5,8-9,11-12H,3-4,6-7H2,1-2H3,(H,17,20). The van der Waals surface area contributed by atoms with Gasteiger partial charge in [-0.15, -0.1) is 0 Å². The smallest absolute Gasteiger partial charge is 0.243 e. The molecule has 0 aliphatic carbocycles. The van der Waals surface area contributed by atoms with Crippen LogP contribution in [0.3, 0.4) is 0 Å². The number of aryl methyl sites for hydroxylation is 1. The molecule has 7 nitrogen and oxygen atoms in total. The van der Waals surface area contributed by atoms with E-state index in [-0.39, 0.29) is 11.9 Å². The minimum absolute atomic E-state index is 0.0780. The van der Waals surface area contributed by atoms with Gasteiger partial charge in [0.05, 0.1) is 17.9 Å². The van der Waals surface area contributed by atoms with E-state index in [9.17, 15) is 4.79 Å². The van der Waals surface area contributed by atoms with Gasteiger partial charge in [-0.05, 0) is 39.8 Å². The monoisotopic (exact) mass is 304 g/mol. The molecule has 22 heavy (non-hydrogen) atoms. The minimum Gasteiger partial charge on any atom is -0.449 e. The third kappa shape index (κ3) is 3.19. The fraction of sp³-hybridized carbons (Fsp3) is 0.533. The molecular weight excluding hydrogens is 284 g/mol. The molecule has 118 valence electrons. The Morgan fingerprint density at radius 3 is 2.82 bits per heavy atom. The highest BCUT2D eigenvalue weighted by atomic mass is 16.5. The second kappa shape index (κ2) is 6.31. The van der Waals surface area contributed by atoms with Crippen LogP contribution in [-0.2, 0) is 4.79 Å². The molecule has 1 unspecified atom stereocenters. The Labute approximate surface area is 128 Å². The van der Waals surface area contributed by atoms with Crippen LogP contribution in [0.15, 0.2) is 27.5 Å². The second-order valence-electron chi connectivity index (χ2n) is 5.68. The molecule has 3 heterocycles. The molecule has 1 fully saturated rings. The van der Waals surface area contributed by atoms with Crippen LogP contribution in [-0.4, -0.2) is 40.1 Å². The molecule has 0 aromatic carbocycles. The first-order valence-corrected chi connectivity index (χ1v) is 7.51. The summed E-state index contributed by atoms with van der Waals surface area (Å²) in [4.78, 5) is 18.6. The summed E-state index contributed by atoms with van der Waals surface area (Å²) in [5.41, 5.74) is 0.745. The SMILES string of the molecule is Cc1cc(NC(=O)C(C)N2CCC(c3ncco3)CC2)on1. The Balaban J connectivity index is 1.53. The van der Waals surface area contributed by atoms with Crippen LogP contribution in [0.1, 0.15) is 37.3 Å². The summed E-state index contributed by atoms with van der Waals surface area (Å²) in [5.74, 6) is 1.46. The molecule has 3 rings (SSSR count). The number of carbonyl (C=O) groups excluding carboxylic acids is 1. The number of carbonyl (C=O) groups is 1. The number of anilines is 1. The molecule has 0 saturated carbocycles. The van der Waals surface area contributed by atoms with Crippen molar-refractivity contribution in [3.8, 4) is 0 Å². The number of aromatic nitrogens is 2. The molecule has 1 aliphatic heterocycles. The molecule has 1 N–H and O–H groups in total. The number of oxazole rings is 1. The molecule has 1 saturated heterocycles. The Bertz CT molecular complexity index is 615. The van der Waals surface area contributed by atoms with E-state index in [4.69, 9.17) is 8.94 Å². The van der Waals surface area contributed by atoms with Gasteiger partial charge in [-0.1, -0.05) is 5.16 Å². The minimum atomic E-state index is -0.212. The van der Waals surface area contributed by atoms with Crippen LogP contribution in [0.25, 0.3) is 0 Å². The van der Waals surface area contributed by atoms with Crippen molar-refractivity contribution in [3.05, 3.63) is 30.1 Å². The van der Waals surface area contributed by atoms with Crippen LogP contribution in [0.5, 0.6) is 0 Å². The van der Waals surface area contributed by atoms with Gasteiger partial charge in [-0.3, -0.25) is 15.0 Å². The van der Waals surface area contributed by atoms with Crippen molar-refractivity contribution in [2.24, 2.45) is 0 Å². The average Bonchev–Trinajstić information content (AvgIpc) is 3.18.